The molecule has 4 heterocycles. The van der Waals surface area contributed by atoms with Crippen LogP contribution in [0.25, 0.3) is 0 Å². The van der Waals surface area contributed by atoms with Gasteiger partial charge in [0.2, 0.25) is 0 Å². The minimum absolute atomic E-state index is 2.19. The fourth-order valence-corrected chi connectivity index (χ4v) is 14.5. The molecule has 0 aliphatic carbocycles. The van der Waals surface area contributed by atoms with Crippen molar-refractivity contribution in [2.75, 3.05) is 26.4 Å². The van der Waals surface area contributed by atoms with Gasteiger partial charge < -0.3 is 33.2 Å². The van der Waals surface area contributed by atoms with Crippen molar-refractivity contribution in [2.45, 2.75) is 123 Å². The van der Waals surface area contributed by atoms with Gasteiger partial charge in [0.05, 0.1) is 26.4 Å². The molecule has 20 atom stereocenters. The monoisotopic (exact) mass is 1790 g/mol. The zero-order valence-corrected chi connectivity index (χ0v) is 57.8. The van der Waals surface area contributed by atoms with E-state index in [2.05, 4.69) is 58.6 Å². The van der Waals surface area contributed by atoms with Crippen molar-refractivity contribution in [1.29, 1.82) is 0 Å². The summed E-state index contributed by atoms with van der Waals surface area (Å²) in [5.41, 5.74) is 0. The highest BCUT2D eigenvalue weighted by molar-refractivity contribution is 7.84. The first-order chi connectivity index (χ1) is 44.7. The Morgan fingerprint density at radius 3 is 0.485 bits per heavy atom. The first-order valence-corrected chi connectivity index (χ1v) is 42.4. The SMILES string of the molecule is O=S(=O)(O)OC[C@H]1O[C@@H](O[C@H]2[C@H](OS(=O)(=O)O)[C@@H](OS(=O)(=O)O)[C@H](O[C@H]3[C@H](OS(=O)(=O)O)[C@@H](OS(=O)(=O)O)[C@@H](O[C@H]4O[C@H](COS(=O)(=O)O)[C@@H](OS(=O)(=O)O)[C@H](OS(=O)(=O)O)[C@H]4OS(=O)(=O)O)O[C@@H]3COS(=O)(=O)O)O[C@@H]2COS(=O)(=O)O)[C@H](OS(=O)(=O)O)[C@@H](OS(=O)(=O)O)[C@H]1OS(=O)(=O)O. The molecule has 4 rings (SSSR count). The van der Waals surface area contributed by atoms with E-state index >= 15 is 0 Å². The Bertz CT molecular complexity index is 4610. The predicted molar refractivity (Wildman–Crippen MR) is 280 cm³/mol. The third kappa shape index (κ3) is 33.5. The molecule has 0 amide bonds. The van der Waals surface area contributed by atoms with Crippen molar-refractivity contribution in [3.05, 3.63) is 0 Å². The van der Waals surface area contributed by atoms with Gasteiger partial charge >= 0.3 is 146 Å². The summed E-state index contributed by atoms with van der Waals surface area (Å²) in [6, 6.07) is 0. The normalized spacial score (nSPS) is 32.5. The summed E-state index contributed by atoms with van der Waals surface area (Å²) >= 11 is 0. The van der Waals surface area contributed by atoms with E-state index in [0.717, 1.165) is 0 Å². The minimum Gasteiger partial charge on any atom is -0.341 e. The zero-order chi connectivity index (χ0) is 78.2. The molecular formula is C24H42O63S14. The molecule has 0 saturated carbocycles. The molecule has 0 aromatic rings. The van der Waals surface area contributed by atoms with Crippen LogP contribution >= 0.6 is 0 Å². The van der Waals surface area contributed by atoms with Gasteiger partial charge in [0.1, 0.15) is 73.2 Å². The zero-order valence-electron chi connectivity index (χ0n) is 46.4. The average molecular weight is 1790 g/mol. The Morgan fingerprint density at radius 2 is 0.317 bits per heavy atom. The van der Waals surface area contributed by atoms with Crippen LogP contribution in [-0.4, -0.2) is 331 Å². The van der Waals surface area contributed by atoms with E-state index in [1.807, 2.05) is 0 Å². The van der Waals surface area contributed by atoms with E-state index in [4.69, 9.17) is 33.2 Å². The largest absolute Gasteiger partial charge is 0.397 e. The lowest BCUT2D eigenvalue weighted by Gasteiger charge is -2.50. The number of hydrogen-bond donors (Lipinski definition) is 14. The fraction of sp³-hybridized carbons (Fsp3) is 1.00. The van der Waals surface area contributed by atoms with Crippen LogP contribution in [0.2, 0.25) is 0 Å². The van der Waals surface area contributed by atoms with E-state index in [1.54, 1.807) is 0 Å². The molecule has 14 N–H and O–H groups in total. The summed E-state index contributed by atoms with van der Waals surface area (Å²) in [6.07, 6.45) is -73.8. The lowest BCUT2D eigenvalue weighted by molar-refractivity contribution is -0.387. The van der Waals surface area contributed by atoms with Gasteiger partial charge in [-0.2, -0.15) is 118 Å². The van der Waals surface area contributed by atoms with Gasteiger partial charge in [-0.3, -0.25) is 63.7 Å². The Labute approximate surface area is 564 Å². The standard InChI is InChI=1S/C24H42O63S14/c25-88(26,27)67-1-5-9(76-22-19(86-100(61,62)63)15(82-96(49,50)51)11(78-92(37,38)39)7(73-22)3-69-90(31,32)33)13(80-94(43,44)45)17(84-98(55,56)57)21(71-5)75-10-6(2-68-89(28,29)30)72-23(18(85-99(58,59)60)14(10)81-95(46,47)48)77-24-20(87-101(64,65)66)16(83-97(52,53)54)12(79-93(40,41)42)8(74-24)4-70-91(34,35)36/h5-24H,1-4H2,(H,25,26,27)(H,28,29,30)(H,31,32,33)(H,34,35,36)(H,37,38,39)(H,40,41,42)(H,43,44,45)(H,46,47,48)(H,49,50,51)(H,52,53,54)(H,55,56,57)(H,58,59,60)(H,61,62,63)(H,64,65,66)/t5-,6-,7-,8-,9-,10-,11+,12-,13+,14+,15+,16+,17-,18-,19-,20-,21+,22+,23-,24-/m1/s1. The first kappa shape index (κ1) is 91.3. The van der Waals surface area contributed by atoms with Crippen molar-refractivity contribution in [3.63, 3.8) is 0 Å². The van der Waals surface area contributed by atoms with E-state index < -0.39 is 295 Å². The van der Waals surface area contributed by atoms with Crippen molar-refractivity contribution in [2.24, 2.45) is 0 Å². The topological polar surface area (TPSA) is 955 Å². The van der Waals surface area contributed by atoms with E-state index in [-0.39, 0.29) is 0 Å². The predicted octanol–water partition coefficient (Wildman–Crippen LogP) is -12.2. The second kappa shape index (κ2) is 33.0. The molecular weight excluding hydrogens is 1750 g/mol. The Kier molecular flexibility index (Phi) is 29.8. The molecule has 4 aliphatic rings. The molecule has 77 heteroatoms. The molecule has 4 aliphatic heterocycles. The van der Waals surface area contributed by atoms with Crippen molar-refractivity contribution >= 4 is 146 Å². The van der Waals surface area contributed by atoms with E-state index in [9.17, 15) is 182 Å². The third-order valence-corrected chi connectivity index (χ3v) is 17.5. The van der Waals surface area contributed by atoms with E-state index in [0.29, 0.717) is 0 Å². The second-order valence-electron chi connectivity index (χ2n) is 18.2. The van der Waals surface area contributed by atoms with E-state index in [1.165, 1.54) is 0 Å². The maximum Gasteiger partial charge on any atom is 0.397 e. The molecule has 0 radical (unpaired) electrons. The highest BCUT2D eigenvalue weighted by atomic mass is 32.3. The van der Waals surface area contributed by atoms with Crippen LogP contribution < -0.4 is 0 Å². The lowest BCUT2D eigenvalue weighted by atomic mass is 9.96. The maximum atomic E-state index is 12.8. The van der Waals surface area contributed by atoms with Crippen molar-refractivity contribution in [3.8, 4) is 0 Å². The smallest absolute Gasteiger partial charge is 0.341 e. The van der Waals surface area contributed by atoms with Gasteiger partial charge in [0, 0.05) is 0 Å². The molecule has 101 heavy (non-hydrogen) atoms. The van der Waals surface area contributed by atoms with Gasteiger partial charge in [-0.1, -0.05) is 0 Å². The second-order valence-corrected chi connectivity index (χ2v) is 33.1. The highest BCUT2D eigenvalue weighted by Gasteiger charge is 2.63. The number of hydrogen-bond acceptors (Lipinski definition) is 49. The summed E-state index contributed by atoms with van der Waals surface area (Å²) in [5, 5.41) is 0. The van der Waals surface area contributed by atoms with Crippen LogP contribution in [0, 0.1) is 0 Å². The van der Waals surface area contributed by atoms with Crippen molar-refractivity contribution < 1.29 is 273 Å². The summed E-state index contributed by atoms with van der Waals surface area (Å²) in [7, 11) is -90.5. The molecule has 63 nitrogen and oxygen atoms in total. The Hall–Kier alpha value is -2.10. The van der Waals surface area contributed by atoms with Gasteiger partial charge in [-0.15, -0.1) is 0 Å². The minimum atomic E-state index is -6.81. The van der Waals surface area contributed by atoms with Crippen LogP contribution in [0.1, 0.15) is 0 Å². The molecule has 0 aromatic heterocycles. The van der Waals surface area contributed by atoms with Crippen LogP contribution in [-0.2, 0) is 237 Å². The number of ether oxygens (including phenoxy) is 7. The molecule has 4 saturated heterocycles. The average Bonchev–Trinajstić information content (AvgIpc) is 0.757. The molecule has 0 unspecified atom stereocenters. The Balaban J connectivity index is 2.18. The first-order valence-electron chi connectivity index (χ1n) is 23.3. The molecule has 0 bridgehead atoms. The van der Waals surface area contributed by atoms with Crippen LogP contribution in [0.15, 0.2) is 0 Å². The molecule has 0 spiro atoms. The third-order valence-electron chi connectivity index (χ3n) is 11.1. The van der Waals surface area contributed by atoms with Crippen molar-refractivity contribution in [1.82, 2.24) is 0 Å². The summed E-state index contributed by atoms with van der Waals surface area (Å²) < 4.78 is 573. The van der Waals surface area contributed by atoms with Crippen LogP contribution in [0.4, 0.5) is 0 Å². The fourth-order valence-electron chi connectivity index (χ4n) is 8.36. The van der Waals surface area contributed by atoms with Gasteiger partial charge in [-0.05, 0) is 0 Å². The summed E-state index contributed by atoms with van der Waals surface area (Å²) in [4.78, 5) is 0. The lowest BCUT2D eigenvalue weighted by Crippen LogP contribution is -2.69. The molecule has 0 aromatic carbocycles. The maximum absolute atomic E-state index is 12.8. The van der Waals surface area contributed by atoms with Gasteiger partial charge in [0.25, 0.3) is 0 Å². The summed E-state index contributed by atoms with van der Waals surface area (Å²) in [6.45, 7) is -9.26. The van der Waals surface area contributed by atoms with Gasteiger partial charge in [-0.25, -0.2) is 58.6 Å². The van der Waals surface area contributed by atoms with Crippen LogP contribution in [0.3, 0.4) is 0 Å². The Morgan fingerprint density at radius 1 is 0.178 bits per heavy atom. The molecule has 4 fully saturated rings. The molecule has 600 valence electrons. The number of rotatable bonds is 38. The summed E-state index contributed by atoms with van der Waals surface area (Å²) in [5.74, 6) is 0. The quantitative estimate of drug-likeness (QED) is 0.0255. The van der Waals surface area contributed by atoms with Gasteiger partial charge in [0.15, 0.2) is 49.6 Å². The highest BCUT2D eigenvalue weighted by Crippen LogP contribution is 2.42. The van der Waals surface area contributed by atoms with Crippen LogP contribution in [0.5, 0.6) is 0 Å².